The number of cyclic esters (lactones) is 1. The van der Waals surface area contributed by atoms with Gasteiger partial charge >= 0.3 is 5.97 Å². The average Bonchev–Trinajstić information content (AvgIpc) is 3.42. The standard InChI is InChI=1S/C24H23N3O5S2/c1-24(2,3)27-34(29,30)20-10-6-17(7-11-20)22-26-21(23(28)32-22)12-16-4-8-19(9-5-16)31-13-18-14-33-15-25-18/h4-12,14-15,27H,13H2,1-3H3/b21-12-. The molecule has 1 aliphatic heterocycles. The van der Waals surface area contributed by atoms with Crippen molar-refractivity contribution in [3.8, 4) is 5.75 Å². The van der Waals surface area contributed by atoms with Crippen molar-refractivity contribution in [1.82, 2.24) is 9.71 Å². The normalized spacial score (nSPS) is 15.3. The van der Waals surface area contributed by atoms with Crippen molar-refractivity contribution in [2.75, 3.05) is 0 Å². The van der Waals surface area contributed by atoms with Gasteiger partial charge in [0.2, 0.25) is 15.9 Å². The zero-order chi connectivity index (χ0) is 24.3. The number of esters is 1. The van der Waals surface area contributed by atoms with Crippen LogP contribution in [0.4, 0.5) is 0 Å². The number of carbonyl (C=O) groups is 1. The second-order valence-corrected chi connectivity index (χ2v) is 11.0. The van der Waals surface area contributed by atoms with Gasteiger partial charge in [-0.25, -0.2) is 27.9 Å². The first-order chi connectivity index (χ1) is 16.1. The molecule has 0 saturated heterocycles. The molecule has 0 bridgehead atoms. The van der Waals surface area contributed by atoms with Crippen LogP contribution in [0, 0.1) is 0 Å². The van der Waals surface area contributed by atoms with E-state index in [1.54, 1.807) is 56.6 Å². The lowest BCUT2D eigenvalue weighted by atomic mass is 10.1. The lowest BCUT2D eigenvalue weighted by Crippen LogP contribution is -2.40. The summed E-state index contributed by atoms with van der Waals surface area (Å²) in [5.41, 5.74) is 3.42. The maximum Gasteiger partial charge on any atom is 0.363 e. The molecule has 0 spiro atoms. The molecule has 0 saturated carbocycles. The zero-order valence-electron chi connectivity index (χ0n) is 18.8. The van der Waals surface area contributed by atoms with E-state index in [1.807, 2.05) is 17.5 Å². The first-order valence-electron chi connectivity index (χ1n) is 10.4. The lowest BCUT2D eigenvalue weighted by Gasteiger charge is -2.20. The number of aromatic nitrogens is 1. The molecule has 176 valence electrons. The number of nitrogens with one attached hydrogen (secondary N) is 1. The van der Waals surface area contributed by atoms with Crippen LogP contribution in [0.15, 0.2) is 75.0 Å². The maximum atomic E-state index is 12.5. The third kappa shape index (κ3) is 5.96. The van der Waals surface area contributed by atoms with Crippen molar-refractivity contribution in [2.24, 2.45) is 4.99 Å². The van der Waals surface area contributed by atoms with Gasteiger partial charge in [0.1, 0.15) is 12.4 Å². The minimum Gasteiger partial charge on any atom is -0.487 e. The number of rotatable bonds is 7. The molecule has 1 N–H and O–H groups in total. The molecule has 0 atom stereocenters. The van der Waals surface area contributed by atoms with E-state index >= 15 is 0 Å². The fourth-order valence-electron chi connectivity index (χ4n) is 3.06. The number of thiazole rings is 1. The summed E-state index contributed by atoms with van der Waals surface area (Å²) in [4.78, 5) is 20.9. The van der Waals surface area contributed by atoms with Crippen LogP contribution in [0.25, 0.3) is 6.08 Å². The lowest BCUT2D eigenvalue weighted by molar-refractivity contribution is -0.129. The highest BCUT2D eigenvalue weighted by atomic mass is 32.2. The van der Waals surface area contributed by atoms with Crippen LogP contribution in [0.1, 0.15) is 37.6 Å². The first kappa shape index (κ1) is 23.8. The van der Waals surface area contributed by atoms with Crippen LogP contribution in [-0.2, 0) is 26.2 Å². The molecule has 1 aliphatic rings. The highest BCUT2D eigenvalue weighted by molar-refractivity contribution is 7.89. The van der Waals surface area contributed by atoms with Gasteiger partial charge in [-0.3, -0.25) is 0 Å². The van der Waals surface area contributed by atoms with Gasteiger partial charge < -0.3 is 9.47 Å². The number of carbonyl (C=O) groups excluding carboxylic acids is 1. The predicted molar refractivity (Wildman–Crippen MR) is 130 cm³/mol. The van der Waals surface area contributed by atoms with E-state index in [1.165, 1.54) is 23.5 Å². The Labute approximate surface area is 202 Å². The minimum absolute atomic E-state index is 0.115. The van der Waals surface area contributed by atoms with Crippen LogP contribution >= 0.6 is 11.3 Å². The molecule has 8 nitrogen and oxygen atoms in total. The fraction of sp³-hybridized carbons (Fsp3) is 0.208. The van der Waals surface area contributed by atoms with Gasteiger partial charge in [0.15, 0.2) is 5.70 Å². The number of aliphatic imine (C=N–C) groups is 1. The largest absolute Gasteiger partial charge is 0.487 e. The Hall–Kier alpha value is -3.34. The molecule has 10 heteroatoms. The molecule has 2 heterocycles. The van der Waals surface area contributed by atoms with Crippen LogP contribution < -0.4 is 9.46 Å². The minimum atomic E-state index is -3.66. The van der Waals surface area contributed by atoms with E-state index in [-0.39, 0.29) is 16.5 Å². The van der Waals surface area contributed by atoms with Gasteiger partial charge in [0.05, 0.1) is 16.1 Å². The Bertz CT molecular complexity index is 1340. The quantitative estimate of drug-likeness (QED) is 0.388. The summed E-state index contributed by atoms with van der Waals surface area (Å²) < 4.78 is 38.5. The van der Waals surface area contributed by atoms with E-state index in [0.29, 0.717) is 17.9 Å². The Morgan fingerprint density at radius 1 is 1.09 bits per heavy atom. The summed E-state index contributed by atoms with van der Waals surface area (Å²) in [6.45, 7) is 5.68. The molecule has 3 aromatic rings. The average molecular weight is 498 g/mol. The molecule has 34 heavy (non-hydrogen) atoms. The number of hydrogen-bond donors (Lipinski definition) is 1. The van der Waals surface area contributed by atoms with Gasteiger partial charge in [0.25, 0.3) is 0 Å². The van der Waals surface area contributed by atoms with E-state index in [4.69, 9.17) is 9.47 Å². The van der Waals surface area contributed by atoms with Crippen molar-refractivity contribution in [3.63, 3.8) is 0 Å². The second kappa shape index (κ2) is 9.49. The molecule has 1 aromatic heterocycles. The van der Waals surface area contributed by atoms with E-state index in [0.717, 1.165) is 11.3 Å². The zero-order valence-corrected chi connectivity index (χ0v) is 20.4. The maximum absolute atomic E-state index is 12.5. The Balaban J connectivity index is 1.46. The van der Waals surface area contributed by atoms with E-state index < -0.39 is 21.5 Å². The third-order valence-electron chi connectivity index (χ3n) is 4.53. The molecule has 0 radical (unpaired) electrons. The fourth-order valence-corrected chi connectivity index (χ4v) is 5.02. The smallest absolute Gasteiger partial charge is 0.363 e. The number of benzene rings is 2. The third-order valence-corrected chi connectivity index (χ3v) is 6.94. The number of sulfonamides is 1. The molecule has 0 aliphatic carbocycles. The van der Waals surface area contributed by atoms with Gasteiger partial charge in [-0.2, -0.15) is 0 Å². The van der Waals surface area contributed by atoms with Crippen LogP contribution in [-0.4, -0.2) is 30.8 Å². The highest BCUT2D eigenvalue weighted by Gasteiger charge is 2.26. The Morgan fingerprint density at radius 3 is 2.41 bits per heavy atom. The summed E-state index contributed by atoms with van der Waals surface area (Å²) in [5, 5.41) is 1.93. The molecule has 2 aromatic carbocycles. The summed E-state index contributed by atoms with van der Waals surface area (Å²) in [6.07, 6.45) is 1.62. The SMILES string of the molecule is CC(C)(C)NS(=O)(=O)c1ccc(C2=N/C(=C\c3ccc(OCc4cscn4)cc3)C(=O)O2)cc1. The van der Waals surface area contributed by atoms with E-state index in [2.05, 4.69) is 14.7 Å². The second-order valence-electron chi connectivity index (χ2n) is 8.55. The highest BCUT2D eigenvalue weighted by Crippen LogP contribution is 2.22. The molecular weight excluding hydrogens is 474 g/mol. The molecule has 0 amide bonds. The van der Waals surface area contributed by atoms with Crippen molar-refractivity contribution in [1.29, 1.82) is 0 Å². The van der Waals surface area contributed by atoms with Crippen LogP contribution in [0.3, 0.4) is 0 Å². The molecule has 4 rings (SSSR count). The molecular formula is C24H23N3O5S2. The summed E-state index contributed by atoms with van der Waals surface area (Å²) in [5.74, 6) is 0.224. The van der Waals surface area contributed by atoms with Gasteiger partial charge in [-0.05, 0) is 68.8 Å². The number of nitrogens with zero attached hydrogens (tertiary/aromatic N) is 2. The molecule has 0 unspecified atom stereocenters. The number of hydrogen-bond acceptors (Lipinski definition) is 8. The Kier molecular flexibility index (Phi) is 6.65. The topological polar surface area (TPSA) is 107 Å². The summed E-state index contributed by atoms with van der Waals surface area (Å²) in [6, 6.07) is 13.2. The van der Waals surface area contributed by atoms with Crippen molar-refractivity contribution in [2.45, 2.75) is 37.8 Å². The van der Waals surface area contributed by atoms with Crippen molar-refractivity contribution >= 4 is 39.3 Å². The van der Waals surface area contributed by atoms with Gasteiger partial charge in [-0.15, -0.1) is 11.3 Å². The van der Waals surface area contributed by atoms with Crippen molar-refractivity contribution in [3.05, 3.63) is 81.9 Å². The van der Waals surface area contributed by atoms with Gasteiger partial charge in [-0.1, -0.05) is 12.1 Å². The summed E-state index contributed by atoms with van der Waals surface area (Å²) in [7, 11) is -3.66. The van der Waals surface area contributed by atoms with Crippen LogP contribution in [0.5, 0.6) is 5.75 Å². The predicted octanol–water partition coefficient (Wildman–Crippen LogP) is 4.14. The van der Waals surface area contributed by atoms with Crippen molar-refractivity contribution < 1.29 is 22.7 Å². The first-order valence-corrected chi connectivity index (χ1v) is 12.8. The van der Waals surface area contributed by atoms with Gasteiger partial charge in [0, 0.05) is 16.5 Å². The van der Waals surface area contributed by atoms with Crippen LogP contribution in [0.2, 0.25) is 0 Å². The monoisotopic (exact) mass is 497 g/mol. The number of ether oxygens (including phenoxy) is 2. The Morgan fingerprint density at radius 2 is 1.79 bits per heavy atom. The van der Waals surface area contributed by atoms with E-state index in [9.17, 15) is 13.2 Å². The molecule has 0 fully saturated rings. The summed E-state index contributed by atoms with van der Waals surface area (Å²) >= 11 is 1.51.